The number of thiazole rings is 1. The summed E-state index contributed by atoms with van der Waals surface area (Å²) in [5.74, 6) is -1.09. The number of ether oxygens (including phenoxy) is 2. The smallest absolute Gasteiger partial charge is 0.338 e. The Labute approximate surface area is 243 Å². The van der Waals surface area contributed by atoms with Crippen LogP contribution in [0, 0.1) is 0 Å². The molecule has 0 bridgehead atoms. The Hall–Kier alpha value is -3.98. The van der Waals surface area contributed by atoms with Crippen LogP contribution in [0.3, 0.4) is 0 Å². The number of hydrogen-bond donors (Lipinski definition) is 0. The van der Waals surface area contributed by atoms with Gasteiger partial charge in [-0.1, -0.05) is 83.1 Å². The van der Waals surface area contributed by atoms with Crippen molar-refractivity contribution < 1.29 is 19.1 Å². The first-order chi connectivity index (χ1) is 19.3. The Morgan fingerprint density at radius 2 is 1.75 bits per heavy atom. The van der Waals surface area contributed by atoms with Crippen LogP contribution in [0.15, 0.2) is 93.9 Å². The van der Waals surface area contributed by atoms with Gasteiger partial charge in [-0.2, -0.15) is 0 Å². The molecule has 202 valence electrons. The van der Waals surface area contributed by atoms with Gasteiger partial charge in [0.2, 0.25) is 0 Å². The standard InChI is InChI=1S/C30H22Cl2N2O5S/c1-17-25(29(37)39-16-18-6-4-3-5-7-18)26(19-8-10-20(11-9-19)28(36)38-2)34-27(35)24(40-30(34)33-17)14-21-12-13-22(31)15-23(21)32/h3-15,26H,16H2,1-2H3. The summed E-state index contributed by atoms with van der Waals surface area (Å²) in [6.45, 7) is 1.77. The van der Waals surface area contributed by atoms with E-state index >= 15 is 0 Å². The minimum Gasteiger partial charge on any atom is -0.465 e. The number of nitrogens with zero attached hydrogens (tertiary/aromatic N) is 2. The van der Waals surface area contributed by atoms with Crippen LogP contribution in [-0.4, -0.2) is 23.6 Å². The summed E-state index contributed by atoms with van der Waals surface area (Å²) in [5.41, 5.74) is 2.69. The van der Waals surface area contributed by atoms with Crippen molar-refractivity contribution in [2.24, 2.45) is 4.99 Å². The molecule has 0 fully saturated rings. The fourth-order valence-corrected chi connectivity index (χ4v) is 5.88. The summed E-state index contributed by atoms with van der Waals surface area (Å²) >= 11 is 13.6. The van der Waals surface area contributed by atoms with Crippen molar-refractivity contribution in [1.29, 1.82) is 0 Å². The summed E-state index contributed by atoms with van der Waals surface area (Å²) in [6.07, 6.45) is 1.67. The van der Waals surface area contributed by atoms with Gasteiger partial charge in [0.05, 0.1) is 34.5 Å². The number of methoxy groups -OCH3 is 1. The molecule has 0 saturated carbocycles. The first kappa shape index (κ1) is 27.6. The molecule has 0 amide bonds. The van der Waals surface area contributed by atoms with Crippen molar-refractivity contribution in [1.82, 2.24) is 4.57 Å². The highest BCUT2D eigenvalue weighted by atomic mass is 35.5. The van der Waals surface area contributed by atoms with Gasteiger partial charge in [0.25, 0.3) is 5.56 Å². The van der Waals surface area contributed by atoms with E-state index in [0.29, 0.717) is 41.8 Å². The third kappa shape index (κ3) is 5.51. The molecule has 1 aliphatic heterocycles. The summed E-state index contributed by atoms with van der Waals surface area (Å²) in [6, 6.07) is 20.0. The predicted octanol–water partition coefficient (Wildman–Crippen LogP) is 5.07. The minimum atomic E-state index is -0.839. The first-order valence-corrected chi connectivity index (χ1v) is 13.7. The van der Waals surface area contributed by atoms with Gasteiger partial charge < -0.3 is 9.47 Å². The molecule has 2 heterocycles. The van der Waals surface area contributed by atoms with Gasteiger partial charge in [0.15, 0.2) is 4.80 Å². The molecular weight excluding hydrogens is 571 g/mol. The number of benzene rings is 3. The fourth-order valence-electron chi connectivity index (χ4n) is 4.38. The van der Waals surface area contributed by atoms with Crippen LogP contribution in [0.1, 0.15) is 40.0 Å². The van der Waals surface area contributed by atoms with Gasteiger partial charge in [-0.25, -0.2) is 14.6 Å². The number of esters is 2. The van der Waals surface area contributed by atoms with Gasteiger partial charge in [-0.15, -0.1) is 0 Å². The second-order valence-corrected chi connectivity index (χ2v) is 10.8. The summed E-state index contributed by atoms with van der Waals surface area (Å²) in [4.78, 5) is 44.4. The molecule has 0 saturated heterocycles. The van der Waals surface area contributed by atoms with Gasteiger partial charge >= 0.3 is 11.9 Å². The van der Waals surface area contributed by atoms with Gasteiger partial charge in [0.1, 0.15) is 6.61 Å². The molecule has 0 aliphatic carbocycles. The second kappa shape index (κ2) is 11.6. The maximum Gasteiger partial charge on any atom is 0.338 e. The van der Waals surface area contributed by atoms with Crippen LogP contribution in [0.25, 0.3) is 6.08 Å². The predicted molar refractivity (Wildman–Crippen MR) is 154 cm³/mol. The average Bonchev–Trinajstić information content (AvgIpc) is 3.26. The Morgan fingerprint density at radius 3 is 2.42 bits per heavy atom. The molecule has 0 radical (unpaired) electrons. The molecule has 1 unspecified atom stereocenters. The molecule has 0 N–H and O–H groups in total. The zero-order valence-electron chi connectivity index (χ0n) is 21.4. The maximum atomic E-state index is 13.8. The van der Waals surface area contributed by atoms with E-state index in [-0.39, 0.29) is 17.7 Å². The van der Waals surface area contributed by atoms with Gasteiger partial charge in [0, 0.05) is 10.0 Å². The lowest BCUT2D eigenvalue weighted by molar-refractivity contribution is -0.140. The Kier molecular flexibility index (Phi) is 8.02. The van der Waals surface area contributed by atoms with E-state index in [2.05, 4.69) is 4.99 Å². The number of fused-ring (bicyclic) bond motifs is 1. The number of carbonyl (C=O) groups is 2. The molecule has 5 rings (SSSR count). The molecule has 3 aromatic carbocycles. The van der Waals surface area contributed by atoms with Crippen LogP contribution in [0.4, 0.5) is 0 Å². The van der Waals surface area contributed by atoms with E-state index in [1.54, 1.807) is 55.5 Å². The lowest BCUT2D eigenvalue weighted by Gasteiger charge is -2.25. The highest BCUT2D eigenvalue weighted by Crippen LogP contribution is 2.31. The summed E-state index contributed by atoms with van der Waals surface area (Å²) < 4.78 is 12.3. The second-order valence-electron chi connectivity index (χ2n) is 8.92. The number of aromatic nitrogens is 1. The van der Waals surface area contributed by atoms with E-state index in [1.807, 2.05) is 30.3 Å². The van der Waals surface area contributed by atoms with Crippen molar-refractivity contribution in [3.8, 4) is 0 Å². The van der Waals surface area contributed by atoms with Crippen LogP contribution >= 0.6 is 34.5 Å². The van der Waals surface area contributed by atoms with Gasteiger partial charge in [-0.3, -0.25) is 9.36 Å². The minimum absolute atomic E-state index is 0.0595. The highest BCUT2D eigenvalue weighted by Gasteiger charge is 2.33. The number of carbonyl (C=O) groups excluding carboxylic acids is 2. The molecule has 4 aromatic rings. The lowest BCUT2D eigenvalue weighted by atomic mass is 9.95. The Bertz CT molecular complexity index is 1830. The zero-order chi connectivity index (χ0) is 28.4. The molecule has 40 heavy (non-hydrogen) atoms. The topological polar surface area (TPSA) is 87.0 Å². The van der Waals surface area contributed by atoms with E-state index in [1.165, 1.54) is 23.0 Å². The molecule has 10 heteroatoms. The zero-order valence-corrected chi connectivity index (χ0v) is 23.7. The Morgan fingerprint density at radius 1 is 1.02 bits per heavy atom. The normalized spacial score (nSPS) is 14.9. The third-order valence-corrected chi connectivity index (χ3v) is 7.90. The van der Waals surface area contributed by atoms with Crippen molar-refractivity contribution in [3.63, 3.8) is 0 Å². The number of hydrogen-bond acceptors (Lipinski definition) is 7. The quantitative estimate of drug-likeness (QED) is 0.292. The fraction of sp³-hybridized carbons (Fsp3) is 0.133. The van der Waals surface area contributed by atoms with Crippen LogP contribution in [0.2, 0.25) is 10.0 Å². The van der Waals surface area contributed by atoms with E-state index in [9.17, 15) is 14.4 Å². The van der Waals surface area contributed by atoms with E-state index in [0.717, 1.165) is 5.56 Å². The van der Waals surface area contributed by atoms with Crippen molar-refractivity contribution >= 4 is 52.6 Å². The number of allylic oxidation sites excluding steroid dienone is 1. The molecule has 1 atom stereocenters. The molecule has 1 aliphatic rings. The monoisotopic (exact) mass is 592 g/mol. The number of rotatable bonds is 6. The maximum absolute atomic E-state index is 13.8. The van der Waals surface area contributed by atoms with E-state index in [4.69, 9.17) is 32.7 Å². The van der Waals surface area contributed by atoms with Crippen molar-refractivity contribution in [2.45, 2.75) is 19.6 Å². The van der Waals surface area contributed by atoms with E-state index < -0.39 is 18.0 Å². The first-order valence-electron chi connectivity index (χ1n) is 12.1. The summed E-state index contributed by atoms with van der Waals surface area (Å²) in [5, 5.41) is 0.878. The third-order valence-electron chi connectivity index (χ3n) is 6.35. The lowest BCUT2D eigenvalue weighted by Crippen LogP contribution is -2.39. The van der Waals surface area contributed by atoms with Crippen LogP contribution in [0.5, 0.6) is 0 Å². The molecular formula is C30H22Cl2N2O5S. The molecule has 7 nitrogen and oxygen atoms in total. The average molecular weight is 593 g/mol. The summed E-state index contributed by atoms with van der Waals surface area (Å²) in [7, 11) is 1.30. The van der Waals surface area contributed by atoms with Crippen molar-refractivity contribution in [2.75, 3.05) is 7.11 Å². The molecule has 0 spiro atoms. The SMILES string of the molecule is COC(=O)c1ccc(C2C(C(=O)OCc3ccccc3)=C(C)N=c3sc(=Cc4ccc(Cl)cc4Cl)c(=O)n32)cc1. The Balaban J connectivity index is 1.63. The molecule has 1 aromatic heterocycles. The van der Waals surface area contributed by atoms with Gasteiger partial charge in [-0.05, 0) is 54.0 Å². The number of halogens is 2. The van der Waals surface area contributed by atoms with Crippen LogP contribution < -0.4 is 14.9 Å². The largest absolute Gasteiger partial charge is 0.465 e. The van der Waals surface area contributed by atoms with Crippen LogP contribution in [-0.2, 0) is 20.9 Å². The highest BCUT2D eigenvalue weighted by molar-refractivity contribution is 7.07. The van der Waals surface area contributed by atoms with Crippen molar-refractivity contribution in [3.05, 3.63) is 136 Å².